The van der Waals surface area contributed by atoms with Crippen molar-refractivity contribution in [3.05, 3.63) is 51.7 Å². The Kier molecular flexibility index (Phi) is 5.81. The minimum Gasteiger partial charge on any atom is -0.338 e. The molecule has 134 valence electrons. The van der Waals surface area contributed by atoms with E-state index in [0.717, 1.165) is 42.1 Å². The second kappa shape index (κ2) is 8.06. The molecule has 1 saturated heterocycles. The van der Waals surface area contributed by atoms with Gasteiger partial charge in [-0.2, -0.15) is 0 Å². The molecule has 0 radical (unpaired) electrons. The van der Waals surface area contributed by atoms with Crippen molar-refractivity contribution in [2.75, 3.05) is 6.54 Å². The number of nitrogens with zero attached hydrogens (tertiary/aromatic N) is 2. The molecule has 0 saturated carbocycles. The lowest BCUT2D eigenvalue weighted by Gasteiger charge is -2.38. The zero-order valence-corrected chi connectivity index (χ0v) is 15.3. The number of hydrogen-bond acceptors (Lipinski definition) is 4. The third-order valence-electron chi connectivity index (χ3n) is 4.68. The third kappa shape index (κ3) is 4.64. The molecule has 1 aromatic heterocycles. The van der Waals surface area contributed by atoms with Crippen LogP contribution in [0, 0.1) is 5.82 Å². The lowest BCUT2D eigenvalue weighted by atomic mass is 9.96. The van der Waals surface area contributed by atoms with Crippen molar-refractivity contribution < 1.29 is 9.18 Å². The van der Waals surface area contributed by atoms with Crippen LogP contribution in [-0.4, -0.2) is 34.4 Å². The van der Waals surface area contributed by atoms with E-state index in [4.69, 9.17) is 5.73 Å². The van der Waals surface area contributed by atoms with Crippen molar-refractivity contribution in [1.29, 1.82) is 0 Å². The quantitative estimate of drug-likeness (QED) is 0.890. The van der Waals surface area contributed by atoms with Gasteiger partial charge in [0.2, 0.25) is 5.91 Å². The Hall–Kier alpha value is -1.79. The highest BCUT2D eigenvalue weighted by Gasteiger charge is 2.29. The van der Waals surface area contributed by atoms with Gasteiger partial charge in [0.1, 0.15) is 5.82 Å². The molecule has 2 aromatic rings. The number of carbonyl (C=O) groups excluding carboxylic acids is 1. The molecule has 2 unspecified atom stereocenters. The van der Waals surface area contributed by atoms with E-state index in [9.17, 15) is 9.18 Å². The second-order valence-electron chi connectivity index (χ2n) is 6.72. The maximum Gasteiger partial charge on any atom is 0.228 e. The van der Waals surface area contributed by atoms with Crippen LogP contribution in [0.3, 0.4) is 0 Å². The van der Waals surface area contributed by atoms with Crippen LogP contribution in [0.15, 0.2) is 29.6 Å². The van der Waals surface area contributed by atoms with E-state index in [0.29, 0.717) is 12.8 Å². The largest absolute Gasteiger partial charge is 0.338 e. The molecule has 25 heavy (non-hydrogen) atoms. The maximum atomic E-state index is 13.0. The second-order valence-corrected chi connectivity index (χ2v) is 7.66. The monoisotopic (exact) mass is 361 g/mol. The normalized spacial score (nSPS) is 19.0. The van der Waals surface area contributed by atoms with E-state index in [1.54, 1.807) is 23.5 Å². The summed E-state index contributed by atoms with van der Waals surface area (Å²) >= 11 is 1.54. The summed E-state index contributed by atoms with van der Waals surface area (Å²) in [4.78, 5) is 19.2. The number of halogens is 1. The summed E-state index contributed by atoms with van der Waals surface area (Å²) < 4.78 is 13.0. The maximum absolute atomic E-state index is 13.0. The van der Waals surface area contributed by atoms with Gasteiger partial charge in [0.25, 0.3) is 0 Å². The fourth-order valence-electron chi connectivity index (χ4n) is 3.36. The van der Waals surface area contributed by atoms with Gasteiger partial charge >= 0.3 is 0 Å². The van der Waals surface area contributed by atoms with Crippen LogP contribution >= 0.6 is 11.3 Å². The van der Waals surface area contributed by atoms with Gasteiger partial charge in [0.15, 0.2) is 0 Å². The standard InChI is InChI=1S/C19H24FN3OS/c1-13(21)17-4-2-3-9-23(17)19(24)11-16-12-25-18(22-16)10-14-5-7-15(20)8-6-14/h5-8,12-13,17H,2-4,9-11,21H2,1H3. The highest BCUT2D eigenvalue weighted by Crippen LogP contribution is 2.21. The van der Waals surface area contributed by atoms with Crippen LogP contribution in [0.2, 0.25) is 0 Å². The van der Waals surface area contributed by atoms with Gasteiger partial charge in [-0.25, -0.2) is 9.37 Å². The molecule has 2 N–H and O–H groups in total. The lowest BCUT2D eigenvalue weighted by Crippen LogP contribution is -2.52. The summed E-state index contributed by atoms with van der Waals surface area (Å²) in [6, 6.07) is 6.58. The Morgan fingerprint density at radius 1 is 1.40 bits per heavy atom. The van der Waals surface area contributed by atoms with Crippen molar-refractivity contribution in [2.45, 2.75) is 51.1 Å². The first kappa shape index (κ1) is 18.0. The van der Waals surface area contributed by atoms with Gasteiger partial charge in [0, 0.05) is 30.4 Å². The van der Waals surface area contributed by atoms with Crippen LogP contribution < -0.4 is 5.73 Å². The Morgan fingerprint density at radius 2 is 2.16 bits per heavy atom. The molecule has 1 aliphatic rings. The number of amides is 1. The summed E-state index contributed by atoms with van der Waals surface area (Å²) in [6.45, 7) is 2.76. The smallest absolute Gasteiger partial charge is 0.228 e. The average Bonchev–Trinajstić information content (AvgIpc) is 3.03. The summed E-state index contributed by atoms with van der Waals surface area (Å²) in [5.41, 5.74) is 7.88. The van der Waals surface area contributed by atoms with E-state index in [-0.39, 0.29) is 23.8 Å². The van der Waals surface area contributed by atoms with Gasteiger partial charge in [-0.1, -0.05) is 12.1 Å². The van der Waals surface area contributed by atoms with Crippen LogP contribution in [0.25, 0.3) is 0 Å². The van der Waals surface area contributed by atoms with Crippen molar-refractivity contribution in [3.8, 4) is 0 Å². The fraction of sp³-hybridized carbons (Fsp3) is 0.474. The summed E-state index contributed by atoms with van der Waals surface area (Å²) in [7, 11) is 0. The molecule has 1 amide bonds. The number of rotatable bonds is 5. The number of carbonyl (C=O) groups is 1. The van der Waals surface area contributed by atoms with E-state index in [1.165, 1.54) is 12.1 Å². The number of likely N-dealkylation sites (tertiary alicyclic amines) is 1. The highest BCUT2D eigenvalue weighted by molar-refractivity contribution is 7.09. The van der Waals surface area contributed by atoms with Crippen molar-refractivity contribution in [1.82, 2.24) is 9.88 Å². The number of aromatic nitrogens is 1. The Balaban J connectivity index is 1.62. The predicted molar refractivity (Wildman–Crippen MR) is 98.0 cm³/mol. The van der Waals surface area contributed by atoms with Crippen LogP contribution in [-0.2, 0) is 17.6 Å². The first-order chi connectivity index (χ1) is 12.0. The van der Waals surface area contributed by atoms with Crippen LogP contribution in [0.4, 0.5) is 4.39 Å². The zero-order chi connectivity index (χ0) is 17.8. The van der Waals surface area contributed by atoms with E-state index >= 15 is 0 Å². The van der Waals surface area contributed by atoms with Crippen LogP contribution in [0.5, 0.6) is 0 Å². The lowest BCUT2D eigenvalue weighted by molar-refractivity contribution is -0.134. The first-order valence-electron chi connectivity index (χ1n) is 8.75. The fourth-order valence-corrected chi connectivity index (χ4v) is 4.19. The molecule has 2 heterocycles. The number of thiazole rings is 1. The first-order valence-corrected chi connectivity index (χ1v) is 9.63. The van der Waals surface area contributed by atoms with Gasteiger partial charge in [-0.15, -0.1) is 11.3 Å². The molecular weight excluding hydrogens is 337 g/mol. The molecule has 0 bridgehead atoms. The van der Waals surface area contributed by atoms with Gasteiger partial charge in [-0.3, -0.25) is 4.79 Å². The predicted octanol–water partition coefficient (Wildman–Crippen LogP) is 3.14. The van der Waals surface area contributed by atoms with Gasteiger partial charge < -0.3 is 10.6 Å². The Bertz CT molecular complexity index is 714. The molecular formula is C19H24FN3OS. The minimum absolute atomic E-state index is 0.00581. The molecule has 0 aliphatic carbocycles. The van der Waals surface area contributed by atoms with E-state index in [1.807, 2.05) is 17.2 Å². The average molecular weight is 361 g/mol. The molecule has 1 aliphatic heterocycles. The van der Waals surface area contributed by atoms with Crippen molar-refractivity contribution in [3.63, 3.8) is 0 Å². The highest BCUT2D eigenvalue weighted by atomic mass is 32.1. The Labute approximate surface area is 151 Å². The molecule has 0 spiro atoms. The van der Waals surface area contributed by atoms with Gasteiger partial charge in [-0.05, 0) is 43.9 Å². The molecule has 1 aromatic carbocycles. The topological polar surface area (TPSA) is 59.2 Å². The number of nitrogens with two attached hydrogens (primary N) is 1. The summed E-state index contributed by atoms with van der Waals surface area (Å²) in [5.74, 6) is -0.125. The molecule has 1 fully saturated rings. The molecule has 2 atom stereocenters. The Morgan fingerprint density at radius 3 is 2.88 bits per heavy atom. The number of hydrogen-bond donors (Lipinski definition) is 1. The number of benzene rings is 1. The van der Waals surface area contributed by atoms with E-state index < -0.39 is 0 Å². The molecule has 6 heteroatoms. The summed E-state index contributed by atoms with van der Waals surface area (Å²) in [6.07, 6.45) is 4.14. The molecule has 3 rings (SSSR count). The summed E-state index contributed by atoms with van der Waals surface area (Å²) in [5, 5.41) is 2.89. The van der Waals surface area contributed by atoms with Crippen LogP contribution in [0.1, 0.15) is 42.5 Å². The minimum atomic E-state index is -0.237. The van der Waals surface area contributed by atoms with Gasteiger partial charge in [0.05, 0.1) is 17.1 Å². The zero-order valence-electron chi connectivity index (χ0n) is 14.5. The third-order valence-corrected chi connectivity index (χ3v) is 5.57. The van der Waals surface area contributed by atoms with Crippen molar-refractivity contribution >= 4 is 17.2 Å². The van der Waals surface area contributed by atoms with Crippen molar-refractivity contribution in [2.24, 2.45) is 5.73 Å². The van der Waals surface area contributed by atoms with E-state index in [2.05, 4.69) is 4.98 Å². The SMILES string of the molecule is CC(N)C1CCCCN1C(=O)Cc1csc(Cc2ccc(F)cc2)n1. The molecule has 4 nitrogen and oxygen atoms in total. The number of piperidine rings is 1.